The van der Waals surface area contributed by atoms with Gasteiger partial charge in [0.05, 0.1) is 4.92 Å². The van der Waals surface area contributed by atoms with Crippen molar-refractivity contribution in [2.45, 2.75) is 13.8 Å². The van der Waals surface area contributed by atoms with E-state index in [9.17, 15) is 14.9 Å². The summed E-state index contributed by atoms with van der Waals surface area (Å²) in [6.07, 6.45) is 0. The Kier molecular flexibility index (Phi) is 2.86. The summed E-state index contributed by atoms with van der Waals surface area (Å²) >= 11 is 5.29. The van der Waals surface area contributed by atoms with Gasteiger partial charge in [0.2, 0.25) is 0 Å². The Morgan fingerprint density at radius 1 is 1.36 bits per heavy atom. The maximum Gasteiger partial charge on any atom is 0.284 e. The molecule has 0 spiro atoms. The fourth-order valence-corrected chi connectivity index (χ4v) is 1.52. The van der Waals surface area contributed by atoms with E-state index in [4.69, 9.17) is 11.6 Å². The zero-order valence-electron chi connectivity index (χ0n) is 7.70. The third kappa shape index (κ3) is 1.75. The zero-order chi connectivity index (χ0) is 10.9. The van der Waals surface area contributed by atoms with E-state index in [1.807, 2.05) is 0 Å². The molecule has 0 atom stereocenters. The quantitative estimate of drug-likeness (QED) is 0.431. The topological polar surface area (TPSA) is 60.2 Å². The van der Waals surface area contributed by atoms with Gasteiger partial charge in [0, 0.05) is 5.56 Å². The average Bonchev–Trinajstić information content (AvgIpc) is 2.07. The molecule has 0 bridgehead atoms. The molecule has 0 saturated carbocycles. The van der Waals surface area contributed by atoms with Crippen LogP contribution < -0.4 is 0 Å². The molecule has 4 nitrogen and oxygen atoms in total. The van der Waals surface area contributed by atoms with Gasteiger partial charge in [-0.25, -0.2) is 0 Å². The van der Waals surface area contributed by atoms with Gasteiger partial charge >= 0.3 is 0 Å². The summed E-state index contributed by atoms with van der Waals surface area (Å²) in [5.74, 6) is 0. The van der Waals surface area contributed by atoms with Gasteiger partial charge in [-0.2, -0.15) is 0 Å². The third-order valence-corrected chi connectivity index (χ3v) is 2.16. The number of nitrogens with zero attached hydrogens (tertiary/aromatic N) is 1. The van der Waals surface area contributed by atoms with E-state index in [0.29, 0.717) is 11.1 Å². The number of aryl methyl sites for hydroxylation is 2. The monoisotopic (exact) mass is 213 g/mol. The molecule has 0 saturated heterocycles. The Bertz CT molecular complexity index is 376. The van der Waals surface area contributed by atoms with Crippen LogP contribution >= 0.6 is 11.6 Å². The molecule has 1 aromatic carbocycles. The Hall–Kier alpha value is -1.42. The van der Waals surface area contributed by atoms with Crippen molar-refractivity contribution in [3.8, 4) is 0 Å². The second-order valence-corrected chi connectivity index (χ2v) is 3.30. The van der Waals surface area contributed by atoms with E-state index in [1.165, 1.54) is 0 Å². The lowest BCUT2D eigenvalue weighted by molar-refractivity contribution is -0.385. The van der Waals surface area contributed by atoms with Crippen LogP contribution in [-0.4, -0.2) is 10.2 Å². The Balaban J connectivity index is 3.58. The highest BCUT2D eigenvalue weighted by Gasteiger charge is 2.23. The molecule has 74 valence electrons. The number of halogens is 1. The first-order valence-corrected chi connectivity index (χ1v) is 4.27. The molecule has 0 heterocycles. The van der Waals surface area contributed by atoms with E-state index in [2.05, 4.69) is 0 Å². The predicted molar refractivity (Wildman–Crippen MR) is 52.8 cm³/mol. The SMILES string of the molecule is Cc1ccc(C)c([N+](=O)[O-])c1C(=O)Cl. The second kappa shape index (κ2) is 3.75. The van der Waals surface area contributed by atoms with Gasteiger partial charge in [0.25, 0.3) is 10.9 Å². The van der Waals surface area contributed by atoms with E-state index in [1.54, 1.807) is 26.0 Å². The summed E-state index contributed by atoms with van der Waals surface area (Å²) < 4.78 is 0. The van der Waals surface area contributed by atoms with Gasteiger partial charge in [-0.15, -0.1) is 0 Å². The van der Waals surface area contributed by atoms with Crippen LogP contribution in [0.2, 0.25) is 0 Å². The number of carbonyl (C=O) groups is 1. The molecule has 0 aliphatic rings. The average molecular weight is 214 g/mol. The molecule has 0 radical (unpaired) electrons. The van der Waals surface area contributed by atoms with Crippen LogP contribution in [0.5, 0.6) is 0 Å². The molecule has 0 fully saturated rings. The minimum atomic E-state index is -0.794. The van der Waals surface area contributed by atoms with Crippen LogP contribution in [-0.2, 0) is 0 Å². The maximum atomic E-state index is 11.0. The van der Waals surface area contributed by atoms with Crippen LogP contribution in [0.4, 0.5) is 5.69 Å². The van der Waals surface area contributed by atoms with Gasteiger partial charge in [0.15, 0.2) is 0 Å². The van der Waals surface area contributed by atoms with E-state index < -0.39 is 10.2 Å². The third-order valence-electron chi connectivity index (χ3n) is 1.97. The lowest BCUT2D eigenvalue weighted by Gasteiger charge is -2.04. The molecular formula is C9H8ClNO3. The lowest BCUT2D eigenvalue weighted by atomic mass is 10.0. The molecule has 14 heavy (non-hydrogen) atoms. The standard InChI is InChI=1S/C9H8ClNO3/c1-5-3-4-6(2)8(11(13)14)7(5)9(10)12/h3-4H,1-2H3. The van der Waals surface area contributed by atoms with E-state index in [-0.39, 0.29) is 11.3 Å². The maximum absolute atomic E-state index is 11.0. The van der Waals surface area contributed by atoms with Crippen molar-refractivity contribution < 1.29 is 9.72 Å². The smallest absolute Gasteiger partial charge is 0.275 e. The molecule has 0 aromatic heterocycles. The van der Waals surface area contributed by atoms with Gasteiger partial charge in [-0.1, -0.05) is 12.1 Å². The zero-order valence-corrected chi connectivity index (χ0v) is 8.46. The Morgan fingerprint density at radius 2 is 1.86 bits per heavy atom. The molecule has 1 aromatic rings. The lowest BCUT2D eigenvalue weighted by Crippen LogP contribution is -2.03. The first-order chi connectivity index (χ1) is 6.45. The Labute approximate surface area is 85.6 Å². The highest BCUT2D eigenvalue weighted by molar-refractivity contribution is 6.68. The molecule has 0 amide bonds. The number of nitro groups is 1. The largest absolute Gasteiger partial charge is 0.284 e. The number of benzene rings is 1. The van der Waals surface area contributed by atoms with Crippen molar-refractivity contribution in [1.29, 1.82) is 0 Å². The highest BCUT2D eigenvalue weighted by Crippen LogP contribution is 2.27. The highest BCUT2D eigenvalue weighted by atomic mass is 35.5. The van der Waals surface area contributed by atoms with Gasteiger partial charge < -0.3 is 0 Å². The molecule has 5 heteroatoms. The van der Waals surface area contributed by atoms with Crippen molar-refractivity contribution in [2.24, 2.45) is 0 Å². The number of carbonyl (C=O) groups excluding carboxylic acids is 1. The Morgan fingerprint density at radius 3 is 2.21 bits per heavy atom. The summed E-state index contributed by atoms with van der Waals surface area (Å²) in [6, 6.07) is 3.23. The van der Waals surface area contributed by atoms with Crippen molar-refractivity contribution in [3.63, 3.8) is 0 Å². The fraction of sp³-hybridized carbons (Fsp3) is 0.222. The van der Waals surface area contributed by atoms with Crippen molar-refractivity contribution >= 4 is 22.5 Å². The summed E-state index contributed by atoms with van der Waals surface area (Å²) in [5.41, 5.74) is 0.730. The first-order valence-electron chi connectivity index (χ1n) is 3.89. The molecule has 0 aliphatic heterocycles. The number of nitro benzene ring substituents is 1. The molecular weight excluding hydrogens is 206 g/mol. The minimum absolute atomic E-state index is 0.0170. The summed E-state index contributed by atoms with van der Waals surface area (Å²) in [6.45, 7) is 3.18. The van der Waals surface area contributed by atoms with Crippen LogP contribution in [0.3, 0.4) is 0 Å². The summed E-state index contributed by atoms with van der Waals surface area (Å²) in [5, 5.41) is 9.90. The van der Waals surface area contributed by atoms with Crippen LogP contribution in [0.15, 0.2) is 12.1 Å². The van der Waals surface area contributed by atoms with Gasteiger partial charge in [0.1, 0.15) is 5.56 Å². The normalized spacial score (nSPS) is 9.93. The number of hydrogen-bond donors (Lipinski definition) is 0. The molecule has 0 N–H and O–H groups in total. The van der Waals surface area contributed by atoms with Gasteiger partial charge in [-0.05, 0) is 31.0 Å². The minimum Gasteiger partial charge on any atom is -0.275 e. The summed E-state index contributed by atoms with van der Waals surface area (Å²) in [4.78, 5) is 21.1. The van der Waals surface area contributed by atoms with Crippen molar-refractivity contribution in [3.05, 3.63) is 38.9 Å². The van der Waals surface area contributed by atoms with E-state index in [0.717, 1.165) is 0 Å². The van der Waals surface area contributed by atoms with Crippen LogP contribution in [0, 0.1) is 24.0 Å². The van der Waals surface area contributed by atoms with E-state index >= 15 is 0 Å². The van der Waals surface area contributed by atoms with Crippen LogP contribution in [0.25, 0.3) is 0 Å². The predicted octanol–water partition coefficient (Wildman–Crippen LogP) is 2.59. The van der Waals surface area contributed by atoms with Gasteiger partial charge in [-0.3, -0.25) is 14.9 Å². The number of rotatable bonds is 2. The van der Waals surface area contributed by atoms with Crippen molar-refractivity contribution in [1.82, 2.24) is 0 Å². The first kappa shape index (κ1) is 10.7. The molecule has 1 rings (SSSR count). The number of hydrogen-bond acceptors (Lipinski definition) is 3. The second-order valence-electron chi connectivity index (χ2n) is 2.95. The molecule has 0 aliphatic carbocycles. The summed E-state index contributed by atoms with van der Waals surface area (Å²) in [7, 11) is 0. The molecule has 0 unspecified atom stereocenters. The fourth-order valence-electron chi connectivity index (χ4n) is 1.28. The van der Waals surface area contributed by atoms with Crippen LogP contribution in [0.1, 0.15) is 21.5 Å². The van der Waals surface area contributed by atoms with Crippen molar-refractivity contribution in [2.75, 3.05) is 0 Å².